The Labute approximate surface area is 181 Å². The number of benzene rings is 2. The summed E-state index contributed by atoms with van der Waals surface area (Å²) in [6.07, 6.45) is 3.28. The number of ether oxygens (including phenoxy) is 2. The predicted octanol–water partition coefficient (Wildman–Crippen LogP) is 4.78. The summed E-state index contributed by atoms with van der Waals surface area (Å²) in [4.78, 5) is 13.1. The monoisotopic (exact) mass is 415 g/mol. The zero-order chi connectivity index (χ0) is 21.6. The molecule has 2 heterocycles. The molecule has 31 heavy (non-hydrogen) atoms. The highest BCUT2D eigenvalue weighted by Gasteiger charge is 2.11. The van der Waals surface area contributed by atoms with Gasteiger partial charge in [0.1, 0.15) is 36.0 Å². The summed E-state index contributed by atoms with van der Waals surface area (Å²) in [5.74, 6) is 2.93. The van der Waals surface area contributed by atoms with Crippen molar-refractivity contribution in [2.24, 2.45) is 0 Å². The Morgan fingerprint density at radius 1 is 0.935 bits per heavy atom. The van der Waals surface area contributed by atoms with Gasteiger partial charge in [-0.15, -0.1) is 0 Å². The van der Waals surface area contributed by atoms with E-state index in [0.717, 1.165) is 45.9 Å². The molecule has 7 heteroatoms. The van der Waals surface area contributed by atoms with Gasteiger partial charge in [0.25, 0.3) is 0 Å². The molecule has 0 saturated carbocycles. The Kier molecular flexibility index (Phi) is 6.24. The third kappa shape index (κ3) is 4.90. The molecule has 0 radical (unpaired) electrons. The van der Waals surface area contributed by atoms with Crippen molar-refractivity contribution in [3.63, 3.8) is 0 Å². The van der Waals surface area contributed by atoms with E-state index in [1.807, 2.05) is 69.4 Å². The molecule has 4 rings (SSSR count). The largest absolute Gasteiger partial charge is 0.491 e. The average molecular weight is 415 g/mol. The van der Waals surface area contributed by atoms with E-state index in [4.69, 9.17) is 9.47 Å². The maximum absolute atomic E-state index is 5.97. The number of hydrogen-bond acceptors (Lipinski definition) is 7. The van der Waals surface area contributed by atoms with Crippen molar-refractivity contribution in [2.75, 3.05) is 25.5 Å². The molecule has 2 aromatic carbocycles. The SMILES string of the molecule is CNCCOc1cccc2ncnc(Nc3ccc(Oc4ccc(C)nc4)c(C)c3)c12. The van der Waals surface area contributed by atoms with E-state index >= 15 is 0 Å². The van der Waals surface area contributed by atoms with Gasteiger partial charge in [0, 0.05) is 17.9 Å². The molecule has 0 fully saturated rings. The molecular weight excluding hydrogens is 390 g/mol. The third-order valence-electron chi connectivity index (χ3n) is 4.78. The summed E-state index contributed by atoms with van der Waals surface area (Å²) < 4.78 is 11.9. The van der Waals surface area contributed by atoms with Crippen LogP contribution in [0, 0.1) is 13.8 Å². The van der Waals surface area contributed by atoms with Gasteiger partial charge in [0.2, 0.25) is 0 Å². The van der Waals surface area contributed by atoms with Gasteiger partial charge >= 0.3 is 0 Å². The fourth-order valence-electron chi connectivity index (χ4n) is 3.18. The number of pyridine rings is 1. The molecule has 7 nitrogen and oxygen atoms in total. The van der Waals surface area contributed by atoms with Crippen molar-refractivity contribution in [3.05, 3.63) is 72.3 Å². The van der Waals surface area contributed by atoms with Gasteiger partial charge in [0.05, 0.1) is 17.1 Å². The highest BCUT2D eigenvalue weighted by Crippen LogP contribution is 2.33. The molecule has 2 N–H and O–H groups in total. The number of nitrogens with one attached hydrogen (secondary N) is 2. The molecule has 0 aliphatic carbocycles. The Morgan fingerprint density at radius 3 is 2.61 bits per heavy atom. The number of hydrogen-bond donors (Lipinski definition) is 2. The molecule has 0 amide bonds. The number of fused-ring (bicyclic) bond motifs is 1. The van der Waals surface area contributed by atoms with Crippen LogP contribution < -0.4 is 20.1 Å². The first-order valence-corrected chi connectivity index (χ1v) is 10.1. The molecule has 0 unspecified atom stereocenters. The topological polar surface area (TPSA) is 81.2 Å². The Balaban J connectivity index is 1.58. The molecule has 0 bridgehead atoms. The molecule has 0 atom stereocenters. The Hall–Kier alpha value is -3.71. The molecule has 0 saturated heterocycles. The van der Waals surface area contributed by atoms with Crippen LogP contribution in [0.1, 0.15) is 11.3 Å². The molecule has 0 aliphatic rings. The van der Waals surface area contributed by atoms with Crippen molar-refractivity contribution in [1.29, 1.82) is 0 Å². The van der Waals surface area contributed by atoms with E-state index in [9.17, 15) is 0 Å². The van der Waals surface area contributed by atoms with E-state index in [1.165, 1.54) is 0 Å². The maximum Gasteiger partial charge on any atom is 0.145 e. The van der Waals surface area contributed by atoms with E-state index in [1.54, 1.807) is 12.5 Å². The first kappa shape index (κ1) is 20.6. The van der Waals surface area contributed by atoms with Crippen LogP contribution in [-0.2, 0) is 0 Å². The second-order valence-electron chi connectivity index (χ2n) is 7.17. The van der Waals surface area contributed by atoms with E-state index < -0.39 is 0 Å². The summed E-state index contributed by atoms with van der Waals surface area (Å²) in [5.41, 5.74) is 3.67. The minimum Gasteiger partial charge on any atom is -0.491 e. The van der Waals surface area contributed by atoms with Crippen LogP contribution in [0.5, 0.6) is 17.2 Å². The number of nitrogens with zero attached hydrogens (tertiary/aromatic N) is 3. The Bertz CT molecular complexity index is 1170. The second kappa shape index (κ2) is 9.40. The van der Waals surface area contributed by atoms with Crippen molar-refractivity contribution in [1.82, 2.24) is 20.3 Å². The lowest BCUT2D eigenvalue weighted by Crippen LogP contribution is -2.16. The van der Waals surface area contributed by atoms with Gasteiger partial charge in [-0.05, 0) is 68.9 Å². The van der Waals surface area contributed by atoms with Crippen LogP contribution in [0.2, 0.25) is 0 Å². The highest BCUT2D eigenvalue weighted by atomic mass is 16.5. The summed E-state index contributed by atoms with van der Waals surface area (Å²) in [7, 11) is 1.90. The lowest BCUT2D eigenvalue weighted by molar-refractivity contribution is 0.322. The van der Waals surface area contributed by atoms with Gasteiger partial charge in [0.15, 0.2) is 0 Å². The number of aryl methyl sites for hydroxylation is 2. The maximum atomic E-state index is 5.97. The van der Waals surface area contributed by atoms with Crippen LogP contribution in [0.15, 0.2) is 61.1 Å². The van der Waals surface area contributed by atoms with E-state index in [0.29, 0.717) is 18.2 Å². The lowest BCUT2D eigenvalue weighted by Gasteiger charge is -2.14. The summed E-state index contributed by atoms with van der Waals surface area (Å²) in [6.45, 7) is 5.27. The molecule has 158 valence electrons. The number of anilines is 2. The fraction of sp³-hybridized carbons (Fsp3) is 0.208. The van der Waals surface area contributed by atoms with Crippen LogP contribution in [0.4, 0.5) is 11.5 Å². The molecule has 0 spiro atoms. The second-order valence-corrected chi connectivity index (χ2v) is 7.17. The zero-order valence-electron chi connectivity index (χ0n) is 17.8. The van der Waals surface area contributed by atoms with Gasteiger partial charge in [-0.25, -0.2) is 9.97 Å². The smallest absolute Gasteiger partial charge is 0.145 e. The highest BCUT2D eigenvalue weighted by molar-refractivity contribution is 5.95. The Morgan fingerprint density at radius 2 is 1.84 bits per heavy atom. The summed E-state index contributed by atoms with van der Waals surface area (Å²) >= 11 is 0. The van der Waals surface area contributed by atoms with Crippen LogP contribution in [0.3, 0.4) is 0 Å². The summed E-state index contributed by atoms with van der Waals surface area (Å²) in [5, 5.41) is 7.34. The minimum atomic E-state index is 0.558. The fourth-order valence-corrected chi connectivity index (χ4v) is 3.18. The van der Waals surface area contributed by atoms with Crippen LogP contribution in [0.25, 0.3) is 10.9 Å². The van der Waals surface area contributed by atoms with Crippen molar-refractivity contribution >= 4 is 22.4 Å². The van der Waals surface area contributed by atoms with Gasteiger partial charge in [-0.2, -0.15) is 0 Å². The van der Waals surface area contributed by atoms with Gasteiger partial charge in [-0.3, -0.25) is 4.98 Å². The van der Waals surface area contributed by atoms with Gasteiger partial charge in [-0.1, -0.05) is 6.07 Å². The molecule has 0 aliphatic heterocycles. The van der Waals surface area contributed by atoms with Crippen LogP contribution >= 0.6 is 0 Å². The number of likely N-dealkylation sites (N-methyl/N-ethyl adjacent to an activating group) is 1. The van der Waals surface area contributed by atoms with Crippen LogP contribution in [-0.4, -0.2) is 35.2 Å². The summed E-state index contributed by atoms with van der Waals surface area (Å²) in [6, 6.07) is 15.6. The normalized spacial score (nSPS) is 10.8. The van der Waals surface area contributed by atoms with E-state index in [-0.39, 0.29) is 0 Å². The third-order valence-corrected chi connectivity index (χ3v) is 4.78. The predicted molar refractivity (Wildman–Crippen MR) is 122 cm³/mol. The standard InChI is InChI=1S/C24H25N5O2/c1-16-13-18(8-10-21(16)31-19-9-7-17(2)26-14-19)29-24-23-20(27-15-28-24)5-4-6-22(23)30-12-11-25-3/h4-10,13-15,25H,11-12H2,1-3H3,(H,27,28,29). The quantitative estimate of drug-likeness (QED) is 0.401. The molecule has 2 aromatic heterocycles. The molecular formula is C24H25N5O2. The minimum absolute atomic E-state index is 0.558. The molecule has 4 aromatic rings. The first-order chi connectivity index (χ1) is 15.1. The van der Waals surface area contributed by atoms with Crippen molar-refractivity contribution in [3.8, 4) is 17.2 Å². The number of rotatable bonds is 8. The number of aromatic nitrogens is 3. The zero-order valence-corrected chi connectivity index (χ0v) is 17.8. The average Bonchev–Trinajstić information content (AvgIpc) is 2.77. The lowest BCUT2D eigenvalue weighted by atomic mass is 10.1. The van der Waals surface area contributed by atoms with E-state index in [2.05, 4.69) is 25.6 Å². The van der Waals surface area contributed by atoms with Crippen molar-refractivity contribution in [2.45, 2.75) is 13.8 Å². The van der Waals surface area contributed by atoms with Crippen molar-refractivity contribution < 1.29 is 9.47 Å². The van der Waals surface area contributed by atoms with Gasteiger partial charge < -0.3 is 20.1 Å². The first-order valence-electron chi connectivity index (χ1n) is 10.1.